The van der Waals surface area contributed by atoms with Gasteiger partial charge in [0.1, 0.15) is 12.6 Å². The van der Waals surface area contributed by atoms with Crippen LogP contribution in [0, 0.1) is 17.8 Å². The molecule has 2 aromatic rings. The first-order valence-electron chi connectivity index (χ1n) is 11.5. The minimum absolute atomic E-state index is 0.00291. The van der Waals surface area contributed by atoms with Crippen molar-refractivity contribution in [2.24, 2.45) is 17.8 Å². The van der Waals surface area contributed by atoms with E-state index in [1.165, 1.54) is 11.1 Å². The Balaban J connectivity index is 1.25. The predicted molar refractivity (Wildman–Crippen MR) is 124 cm³/mol. The molecule has 0 unspecified atom stereocenters. The summed E-state index contributed by atoms with van der Waals surface area (Å²) in [6, 6.07) is 15.4. The number of rotatable bonds is 9. The highest BCUT2D eigenvalue weighted by Gasteiger charge is 2.44. The maximum atomic E-state index is 12.4. The minimum atomic E-state index is -1.02. The molecule has 4 rings (SSSR count). The maximum Gasteiger partial charge on any atom is 0.407 e. The standard InChI is InChI=1S/C26H30N2O5/c1-3-15(2)23(25(30)31)28-24(29)21-12-16(21)13-27-26(32)33-14-22-19-10-6-4-8-17(19)18-9-5-7-11-20(18)22/h4-11,15-16,21-23H,3,12-14H2,1-2H3,(H,27,32)(H,28,29)(H,30,31)/t15-,16-,21-,23-/m0/s1. The third-order valence-electron chi connectivity index (χ3n) is 6.89. The van der Waals surface area contributed by atoms with E-state index in [-0.39, 0.29) is 36.2 Å². The first-order valence-corrected chi connectivity index (χ1v) is 11.5. The number of ether oxygens (including phenoxy) is 1. The summed E-state index contributed by atoms with van der Waals surface area (Å²) in [6.07, 6.45) is 0.780. The number of hydrogen-bond donors (Lipinski definition) is 3. The van der Waals surface area contributed by atoms with Crippen molar-refractivity contribution in [2.45, 2.75) is 38.6 Å². The quantitative estimate of drug-likeness (QED) is 0.539. The van der Waals surface area contributed by atoms with Gasteiger partial charge in [0.05, 0.1) is 0 Å². The number of carboxylic acids is 1. The fourth-order valence-electron chi connectivity index (χ4n) is 4.60. The predicted octanol–water partition coefficient (Wildman–Crippen LogP) is 3.78. The zero-order valence-electron chi connectivity index (χ0n) is 18.9. The van der Waals surface area contributed by atoms with Crippen molar-refractivity contribution in [1.82, 2.24) is 10.6 Å². The molecule has 0 heterocycles. The Morgan fingerprint density at radius 1 is 1.06 bits per heavy atom. The van der Waals surface area contributed by atoms with Crippen LogP contribution in [0.1, 0.15) is 43.7 Å². The van der Waals surface area contributed by atoms with Crippen LogP contribution in [-0.2, 0) is 14.3 Å². The fraction of sp³-hybridized carbons (Fsp3) is 0.423. The molecule has 174 valence electrons. The highest BCUT2D eigenvalue weighted by molar-refractivity contribution is 5.87. The van der Waals surface area contributed by atoms with Crippen LogP contribution in [0.2, 0.25) is 0 Å². The van der Waals surface area contributed by atoms with Gasteiger partial charge in [-0.25, -0.2) is 9.59 Å². The van der Waals surface area contributed by atoms with Gasteiger partial charge in [-0.2, -0.15) is 0 Å². The second-order valence-corrected chi connectivity index (χ2v) is 9.02. The third kappa shape index (κ3) is 4.87. The van der Waals surface area contributed by atoms with Gasteiger partial charge in [-0.3, -0.25) is 4.79 Å². The summed E-state index contributed by atoms with van der Waals surface area (Å²) in [7, 11) is 0. The summed E-state index contributed by atoms with van der Waals surface area (Å²) in [6.45, 7) is 4.27. The highest BCUT2D eigenvalue weighted by Crippen LogP contribution is 2.44. The van der Waals surface area contributed by atoms with Crippen molar-refractivity contribution in [3.05, 3.63) is 59.7 Å². The van der Waals surface area contributed by atoms with E-state index >= 15 is 0 Å². The molecule has 0 radical (unpaired) electrons. The van der Waals surface area contributed by atoms with Gasteiger partial charge in [0.2, 0.25) is 5.91 Å². The number of carboxylic acid groups (broad SMARTS) is 1. The van der Waals surface area contributed by atoms with Gasteiger partial charge in [-0.15, -0.1) is 0 Å². The summed E-state index contributed by atoms with van der Waals surface area (Å²) in [5, 5.41) is 14.8. The Hall–Kier alpha value is -3.35. The Kier molecular flexibility index (Phi) is 6.67. The number of benzene rings is 2. The number of carbonyl (C=O) groups is 3. The highest BCUT2D eigenvalue weighted by atomic mass is 16.5. The summed E-state index contributed by atoms with van der Waals surface area (Å²) in [5.41, 5.74) is 4.65. The second kappa shape index (κ2) is 9.65. The molecule has 2 amide bonds. The van der Waals surface area contributed by atoms with Crippen LogP contribution in [0.3, 0.4) is 0 Å². The number of carbonyl (C=O) groups excluding carboxylic acids is 2. The van der Waals surface area contributed by atoms with Crippen molar-refractivity contribution in [1.29, 1.82) is 0 Å². The zero-order chi connectivity index (χ0) is 23.5. The number of aliphatic carboxylic acids is 1. The third-order valence-corrected chi connectivity index (χ3v) is 6.89. The number of nitrogens with one attached hydrogen (secondary N) is 2. The number of alkyl carbamates (subject to hydrolysis) is 1. The molecule has 2 aliphatic carbocycles. The first-order chi connectivity index (χ1) is 15.9. The largest absolute Gasteiger partial charge is 0.480 e. The van der Waals surface area contributed by atoms with E-state index in [1.54, 1.807) is 0 Å². The van der Waals surface area contributed by atoms with Crippen LogP contribution >= 0.6 is 0 Å². The van der Waals surface area contributed by atoms with Gasteiger partial charge in [0.25, 0.3) is 0 Å². The summed E-state index contributed by atoms with van der Waals surface area (Å²) in [5.74, 6) is -1.71. The molecule has 2 aliphatic rings. The van der Waals surface area contributed by atoms with E-state index in [9.17, 15) is 19.5 Å². The van der Waals surface area contributed by atoms with Gasteiger partial charge >= 0.3 is 12.1 Å². The monoisotopic (exact) mass is 450 g/mol. The van der Waals surface area contributed by atoms with Crippen LogP contribution < -0.4 is 10.6 Å². The average Bonchev–Trinajstić information content (AvgIpc) is 3.54. The van der Waals surface area contributed by atoms with Crippen LogP contribution in [-0.4, -0.2) is 42.3 Å². The van der Waals surface area contributed by atoms with E-state index < -0.39 is 18.1 Å². The Morgan fingerprint density at radius 2 is 1.67 bits per heavy atom. The van der Waals surface area contributed by atoms with Crippen LogP contribution in [0.15, 0.2) is 48.5 Å². The lowest BCUT2D eigenvalue weighted by molar-refractivity contribution is -0.143. The molecular formula is C26H30N2O5. The zero-order valence-corrected chi connectivity index (χ0v) is 18.9. The molecule has 33 heavy (non-hydrogen) atoms. The van der Waals surface area contributed by atoms with Crippen LogP contribution in [0.5, 0.6) is 0 Å². The summed E-state index contributed by atoms with van der Waals surface area (Å²) >= 11 is 0. The van der Waals surface area contributed by atoms with E-state index in [2.05, 4.69) is 34.9 Å². The van der Waals surface area contributed by atoms with Crippen molar-refractivity contribution in [3.63, 3.8) is 0 Å². The second-order valence-electron chi connectivity index (χ2n) is 9.02. The van der Waals surface area contributed by atoms with E-state index in [0.29, 0.717) is 19.4 Å². The number of amides is 2. The fourth-order valence-corrected chi connectivity index (χ4v) is 4.60. The lowest BCUT2D eigenvalue weighted by atomic mass is 9.98. The summed E-state index contributed by atoms with van der Waals surface area (Å²) < 4.78 is 5.53. The molecule has 2 aromatic carbocycles. The summed E-state index contributed by atoms with van der Waals surface area (Å²) in [4.78, 5) is 36.1. The van der Waals surface area contributed by atoms with Crippen LogP contribution in [0.25, 0.3) is 11.1 Å². The van der Waals surface area contributed by atoms with Gasteiger partial charge < -0.3 is 20.5 Å². The van der Waals surface area contributed by atoms with Gasteiger partial charge in [-0.1, -0.05) is 68.8 Å². The van der Waals surface area contributed by atoms with Crippen molar-refractivity contribution >= 4 is 18.0 Å². The lowest BCUT2D eigenvalue weighted by Crippen LogP contribution is -2.46. The Bertz CT molecular complexity index is 1010. The minimum Gasteiger partial charge on any atom is -0.480 e. The van der Waals surface area contributed by atoms with Crippen LogP contribution in [0.4, 0.5) is 4.79 Å². The molecule has 0 aromatic heterocycles. The Labute approximate surface area is 193 Å². The molecular weight excluding hydrogens is 420 g/mol. The molecule has 4 atom stereocenters. The molecule has 7 nitrogen and oxygen atoms in total. The molecule has 0 spiro atoms. The SMILES string of the molecule is CC[C@H](C)[C@H](NC(=O)[C@H]1C[C@H]1CNC(=O)OCC1c2ccccc2-c2ccccc21)C(=O)O. The molecule has 1 saturated carbocycles. The lowest BCUT2D eigenvalue weighted by Gasteiger charge is -2.20. The smallest absolute Gasteiger partial charge is 0.407 e. The van der Waals surface area contributed by atoms with E-state index in [0.717, 1.165) is 11.1 Å². The van der Waals surface area contributed by atoms with Gasteiger partial charge in [-0.05, 0) is 40.5 Å². The van der Waals surface area contributed by atoms with E-state index in [4.69, 9.17) is 4.74 Å². The maximum absolute atomic E-state index is 12.4. The van der Waals surface area contributed by atoms with Gasteiger partial charge in [0, 0.05) is 18.4 Å². The molecule has 3 N–H and O–H groups in total. The molecule has 0 saturated heterocycles. The van der Waals surface area contributed by atoms with Gasteiger partial charge in [0.15, 0.2) is 0 Å². The normalized spacial score (nSPS) is 20.2. The Morgan fingerprint density at radius 3 is 2.24 bits per heavy atom. The number of hydrogen-bond acceptors (Lipinski definition) is 4. The van der Waals surface area contributed by atoms with Crippen molar-refractivity contribution in [3.8, 4) is 11.1 Å². The molecule has 0 aliphatic heterocycles. The average molecular weight is 451 g/mol. The molecule has 7 heteroatoms. The van der Waals surface area contributed by atoms with E-state index in [1.807, 2.05) is 38.1 Å². The van der Waals surface area contributed by atoms with Crippen molar-refractivity contribution in [2.75, 3.05) is 13.2 Å². The molecule has 1 fully saturated rings. The topological polar surface area (TPSA) is 105 Å². The number of fused-ring (bicyclic) bond motifs is 3. The first kappa shape index (κ1) is 22.8. The van der Waals surface area contributed by atoms with Crippen molar-refractivity contribution < 1.29 is 24.2 Å². The molecule has 0 bridgehead atoms.